The Kier molecular flexibility index (Phi) is 3.90. The lowest BCUT2D eigenvalue weighted by Crippen LogP contribution is -2.38. The number of hydrogen-bond donors (Lipinski definition) is 1. The average Bonchev–Trinajstić information content (AvgIpc) is 2.78. The minimum Gasteiger partial charge on any atom is -0.326 e. The van der Waals surface area contributed by atoms with E-state index < -0.39 is 12.1 Å². The van der Waals surface area contributed by atoms with Crippen LogP contribution in [0.25, 0.3) is 0 Å². The summed E-state index contributed by atoms with van der Waals surface area (Å²) in [7, 11) is 0. The quantitative estimate of drug-likeness (QED) is 0.870. The molecule has 0 spiro atoms. The number of rotatable bonds is 3. The Labute approximate surface area is 123 Å². The molecule has 4 nitrogen and oxygen atoms in total. The molecule has 1 N–H and O–H groups in total. The van der Waals surface area contributed by atoms with Crippen LogP contribution in [0.4, 0.5) is 9.18 Å². The summed E-state index contributed by atoms with van der Waals surface area (Å²) in [5.41, 5.74) is 0.366. The lowest BCUT2D eigenvalue weighted by Gasteiger charge is -2.25. The first-order chi connectivity index (χ1) is 10.2. The molecule has 1 saturated heterocycles. The van der Waals surface area contributed by atoms with E-state index in [1.807, 2.05) is 0 Å². The molecule has 1 aromatic rings. The van der Waals surface area contributed by atoms with Gasteiger partial charge in [0.2, 0.25) is 0 Å². The molecule has 1 atom stereocenters. The molecule has 1 aliphatic heterocycles. The van der Waals surface area contributed by atoms with Gasteiger partial charge in [-0.2, -0.15) is 0 Å². The van der Waals surface area contributed by atoms with E-state index in [0.29, 0.717) is 5.56 Å². The summed E-state index contributed by atoms with van der Waals surface area (Å²) in [5, 5.41) is 2.78. The van der Waals surface area contributed by atoms with Gasteiger partial charge in [0.1, 0.15) is 11.9 Å². The van der Waals surface area contributed by atoms with Gasteiger partial charge in [-0.3, -0.25) is 9.69 Å². The van der Waals surface area contributed by atoms with Crippen molar-refractivity contribution in [3.8, 4) is 0 Å². The SMILES string of the molecule is O=C1N[C@H](C2CCCCC2)C(=O)N1Cc1ccccc1F. The van der Waals surface area contributed by atoms with Crippen molar-refractivity contribution < 1.29 is 14.0 Å². The zero-order valence-corrected chi connectivity index (χ0v) is 11.8. The lowest BCUT2D eigenvalue weighted by molar-refractivity contribution is -0.129. The number of hydrogen-bond acceptors (Lipinski definition) is 2. The molecule has 0 unspecified atom stereocenters. The molecule has 0 bridgehead atoms. The van der Waals surface area contributed by atoms with Crippen LogP contribution in [-0.2, 0) is 11.3 Å². The third-order valence-corrected chi connectivity index (χ3v) is 4.46. The molecule has 1 aliphatic carbocycles. The van der Waals surface area contributed by atoms with Crippen LogP contribution in [0.1, 0.15) is 37.7 Å². The fourth-order valence-electron chi connectivity index (χ4n) is 3.27. The Bertz CT molecular complexity index is 555. The summed E-state index contributed by atoms with van der Waals surface area (Å²) < 4.78 is 13.7. The highest BCUT2D eigenvalue weighted by atomic mass is 19.1. The van der Waals surface area contributed by atoms with Gasteiger partial charge in [0.05, 0.1) is 6.54 Å². The second-order valence-corrected chi connectivity index (χ2v) is 5.84. The zero-order chi connectivity index (χ0) is 14.8. The van der Waals surface area contributed by atoms with Crippen molar-refractivity contribution in [2.24, 2.45) is 5.92 Å². The summed E-state index contributed by atoms with van der Waals surface area (Å²) >= 11 is 0. The predicted molar refractivity (Wildman–Crippen MR) is 75.8 cm³/mol. The molecule has 2 aliphatic rings. The number of carbonyl (C=O) groups excluding carboxylic acids is 2. The maximum atomic E-state index is 13.7. The van der Waals surface area contributed by atoms with Crippen molar-refractivity contribution in [3.05, 3.63) is 35.6 Å². The summed E-state index contributed by atoms with van der Waals surface area (Å²) in [6.07, 6.45) is 5.37. The highest BCUT2D eigenvalue weighted by Gasteiger charge is 2.42. The van der Waals surface area contributed by atoms with Gasteiger partial charge >= 0.3 is 6.03 Å². The van der Waals surface area contributed by atoms with Crippen LogP contribution in [-0.4, -0.2) is 22.9 Å². The van der Waals surface area contributed by atoms with Gasteiger partial charge in [0.15, 0.2) is 0 Å². The number of carbonyl (C=O) groups is 2. The third kappa shape index (κ3) is 2.77. The van der Waals surface area contributed by atoms with Crippen molar-refractivity contribution in [1.29, 1.82) is 0 Å². The van der Waals surface area contributed by atoms with Gasteiger partial charge in [0, 0.05) is 5.56 Å². The fourth-order valence-corrected chi connectivity index (χ4v) is 3.27. The summed E-state index contributed by atoms with van der Waals surface area (Å²) in [6, 6.07) is 5.41. The smallest absolute Gasteiger partial charge is 0.325 e. The van der Waals surface area contributed by atoms with E-state index in [1.165, 1.54) is 12.5 Å². The van der Waals surface area contributed by atoms with Crippen LogP contribution >= 0.6 is 0 Å². The van der Waals surface area contributed by atoms with Crippen LogP contribution in [0.3, 0.4) is 0 Å². The molecule has 0 radical (unpaired) electrons. The first kappa shape index (κ1) is 14.0. The molecule has 3 rings (SSSR count). The van der Waals surface area contributed by atoms with Crippen molar-refractivity contribution in [2.75, 3.05) is 0 Å². The summed E-state index contributed by atoms with van der Waals surface area (Å²) in [5.74, 6) is -0.379. The first-order valence-corrected chi connectivity index (χ1v) is 7.52. The van der Waals surface area contributed by atoms with Crippen LogP contribution in [0.2, 0.25) is 0 Å². The highest BCUT2D eigenvalue weighted by molar-refractivity contribution is 6.04. The first-order valence-electron chi connectivity index (χ1n) is 7.52. The normalized spacial score (nSPS) is 23.5. The average molecular weight is 290 g/mol. The summed E-state index contributed by atoms with van der Waals surface area (Å²) in [4.78, 5) is 25.6. The van der Waals surface area contributed by atoms with Crippen LogP contribution in [0.5, 0.6) is 0 Å². The Balaban J connectivity index is 1.73. The predicted octanol–water partition coefficient (Wildman–Crippen LogP) is 2.83. The van der Waals surface area contributed by atoms with Gasteiger partial charge in [-0.25, -0.2) is 9.18 Å². The van der Waals surface area contributed by atoms with Crippen LogP contribution in [0.15, 0.2) is 24.3 Å². The van der Waals surface area contributed by atoms with Gasteiger partial charge in [-0.15, -0.1) is 0 Å². The maximum Gasteiger partial charge on any atom is 0.325 e. The summed E-state index contributed by atoms with van der Waals surface area (Å²) in [6.45, 7) is 0.000556. The molecule has 112 valence electrons. The minimum atomic E-state index is -0.426. The maximum absolute atomic E-state index is 13.7. The monoisotopic (exact) mass is 290 g/mol. The third-order valence-electron chi connectivity index (χ3n) is 4.46. The number of urea groups is 1. The van der Waals surface area contributed by atoms with E-state index in [0.717, 1.165) is 30.6 Å². The fraction of sp³-hybridized carbons (Fsp3) is 0.500. The lowest BCUT2D eigenvalue weighted by atomic mass is 9.84. The minimum absolute atomic E-state index is 0.000556. The van der Waals surface area contributed by atoms with Gasteiger partial charge in [-0.05, 0) is 24.8 Å². The number of halogens is 1. The number of amides is 3. The van der Waals surface area contributed by atoms with Crippen molar-refractivity contribution in [2.45, 2.75) is 44.7 Å². The molecular weight excluding hydrogens is 271 g/mol. The topological polar surface area (TPSA) is 49.4 Å². The Hall–Kier alpha value is -1.91. The molecule has 1 aromatic carbocycles. The number of benzene rings is 1. The van der Waals surface area contributed by atoms with Gasteiger partial charge in [0.25, 0.3) is 5.91 Å². The van der Waals surface area contributed by atoms with Crippen LogP contribution in [0, 0.1) is 11.7 Å². The Morgan fingerprint density at radius 2 is 1.86 bits per heavy atom. The van der Waals surface area contributed by atoms with E-state index in [9.17, 15) is 14.0 Å². The van der Waals surface area contributed by atoms with Crippen molar-refractivity contribution in [1.82, 2.24) is 10.2 Å². The Morgan fingerprint density at radius 3 is 2.57 bits per heavy atom. The number of nitrogens with one attached hydrogen (secondary N) is 1. The van der Waals surface area contributed by atoms with Crippen molar-refractivity contribution >= 4 is 11.9 Å². The second-order valence-electron chi connectivity index (χ2n) is 5.84. The molecule has 2 fully saturated rings. The zero-order valence-electron chi connectivity index (χ0n) is 11.8. The largest absolute Gasteiger partial charge is 0.326 e. The van der Waals surface area contributed by atoms with Gasteiger partial charge < -0.3 is 5.32 Å². The molecule has 1 heterocycles. The molecular formula is C16H19FN2O2. The van der Waals surface area contributed by atoms with Crippen molar-refractivity contribution in [3.63, 3.8) is 0 Å². The van der Waals surface area contributed by atoms with E-state index >= 15 is 0 Å². The standard InChI is InChI=1S/C16H19FN2O2/c17-13-9-5-4-8-12(13)10-19-15(20)14(18-16(19)21)11-6-2-1-3-7-11/h4-5,8-9,11,14H,1-3,6-7,10H2,(H,18,21)/t14-/m1/s1. The molecule has 1 saturated carbocycles. The van der Waals surface area contributed by atoms with E-state index in [-0.39, 0.29) is 24.2 Å². The van der Waals surface area contributed by atoms with E-state index in [1.54, 1.807) is 18.2 Å². The molecule has 5 heteroatoms. The molecule has 21 heavy (non-hydrogen) atoms. The van der Waals surface area contributed by atoms with E-state index in [4.69, 9.17) is 0 Å². The second kappa shape index (κ2) is 5.84. The number of imide groups is 1. The molecule has 0 aromatic heterocycles. The highest BCUT2D eigenvalue weighted by Crippen LogP contribution is 2.29. The number of nitrogens with zero attached hydrogens (tertiary/aromatic N) is 1. The van der Waals surface area contributed by atoms with E-state index in [2.05, 4.69) is 5.32 Å². The van der Waals surface area contributed by atoms with Crippen LogP contribution < -0.4 is 5.32 Å². The molecule has 3 amide bonds. The Morgan fingerprint density at radius 1 is 1.14 bits per heavy atom. The van der Waals surface area contributed by atoms with Gasteiger partial charge in [-0.1, -0.05) is 37.5 Å².